The van der Waals surface area contributed by atoms with E-state index in [0.29, 0.717) is 22.1 Å². The van der Waals surface area contributed by atoms with Crippen LogP contribution in [-0.2, 0) is 4.79 Å². The van der Waals surface area contributed by atoms with Crippen molar-refractivity contribution in [3.05, 3.63) is 90.0 Å². The van der Waals surface area contributed by atoms with Gasteiger partial charge in [-0.15, -0.1) is 10.2 Å². The first-order chi connectivity index (χ1) is 15.5. The molecule has 0 aliphatic carbocycles. The molecular formula is C23H15F2N5OS. The van der Waals surface area contributed by atoms with Crippen molar-refractivity contribution in [2.75, 3.05) is 11.1 Å². The van der Waals surface area contributed by atoms with Crippen LogP contribution >= 0.6 is 11.8 Å². The van der Waals surface area contributed by atoms with Crippen molar-refractivity contribution in [3.8, 4) is 23.1 Å². The van der Waals surface area contributed by atoms with E-state index in [1.165, 1.54) is 30.3 Å². The Morgan fingerprint density at radius 3 is 2.56 bits per heavy atom. The van der Waals surface area contributed by atoms with E-state index in [2.05, 4.69) is 15.5 Å². The van der Waals surface area contributed by atoms with Crippen LogP contribution in [-0.4, -0.2) is 26.4 Å². The Morgan fingerprint density at radius 2 is 1.81 bits per heavy atom. The molecule has 0 spiro atoms. The van der Waals surface area contributed by atoms with Gasteiger partial charge in [-0.2, -0.15) is 5.26 Å². The molecule has 0 saturated heterocycles. The van der Waals surface area contributed by atoms with Crippen LogP contribution < -0.4 is 5.32 Å². The van der Waals surface area contributed by atoms with Gasteiger partial charge in [0.25, 0.3) is 0 Å². The molecule has 0 unspecified atom stereocenters. The molecule has 0 aliphatic rings. The van der Waals surface area contributed by atoms with Crippen LogP contribution in [0, 0.1) is 23.0 Å². The second kappa shape index (κ2) is 9.41. The summed E-state index contributed by atoms with van der Waals surface area (Å²) in [4.78, 5) is 12.4. The molecule has 6 nitrogen and oxygen atoms in total. The zero-order chi connectivity index (χ0) is 22.5. The molecule has 1 N–H and O–H groups in total. The monoisotopic (exact) mass is 447 g/mol. The van der Waals surface area contributed by atoms with Gasteiger partial charge in [0.1, 0.15) is 11.6 Å². The quantitative estimate of drug-likeness (QED) is 0.429. The Hall–Kier alpha value is -4.03. The lowest BCUT2D eigenvalue weighted by molar-refractivity contribution is -0.113. The molecule has 1 aromatic heterocycles. The van der Waals surface area contributed by atoms with Crippen molar-refractivity contribution in [2.24, 2.45) is 0 Å². The number of amides is 1. The van der Waals surface area contributed by atoms with Gasteiger partial charge < -0.3 is 5.32 Å². The summed E-state index contributed by atoms with van der Waals surface area (Å²) in [5.41, 5.74) is 1.69. The molecule has 0 bridgehead atoms. The van der Waals surface area contributed by atoms with Crippen LogP contribution in [0.1, 0.15) is 5.56 Å². The zero-order valence-electron chi connectivity index (χ0n) is 16.5. The second-order valence-electron chi connectivity index (χ2n) is 6.63. The molecular weight excluding hydrogens is 432 g/mol. The standard InChI is InChI=1S/C23H15F2N5OS/c24-16-8-10-18(11-9-16)30-22(19-6-1-2-7-20(19)25)28-29-23(30)32-14-21(31)27-17-5-3-4-15(12-17)13-26/h1-12H,14H2,(H,27,31). The van der Waals surface area contributed by atoms with Gasteiger partial charge in [0.05, 0.1) is 22.9 Å². The summed E-state index contributed by atoms with van der Waals surface area (Å²) < 4.78 is 29.5. The normalized spacial score (nSPS) is 10.5. The highest BCUT2D eigenvalue weighted by Gasteiger charge is 2.19. The summed E-state index contributed by atoms with van der Waals surface area (Å²) in [5.74, 6) is -0.976. The molecule has 32 heavy (non-hydrogen) atoms. The SMILES string of the molecule is N#Cc1cccc(NC(=O)CSc2nnc(-c3ccccc3F)n2-c2ccc(F)cc2)c1. The maximum absolute atomic E-state index is 14.4. The number of nitriles is 1. The van der Waals surface area contributed by atoms with Crippen LogP contribution in [0.5, 0.6) is 0 Å². The second-order valence-corrected chi connectivity index (χ2v) is 7.57. The average Bonchev–Trinajstić information content (AvgIpc) is 3.22. The number of carbonyl (C=O) groups excluding carboxylic acids is 1. The molecule has 0 saturated carbocycles. The molecule has 4 rings (SSSR count). The summed E-state index contributed by atoms with van der Waals surface area (Å²) in [7, 11) is 0. The lowest BCUT2D eigenvalue weighted by atomic mass is 10.2. The summed E-state index contributed by atoms with van der Waals surface area (Å²) in [6.45, 7) is 0. The predicted molar refractivity (Wildman–Crippen MR) is 117 cm³/mol. The minimum Gasteiger partial charge on any atom is -0.325 e. The van der Waals surface area contributed by atoms with Crippen LogP contribution in [0.2, 0.25) is 0 Å². The first-order valence-electron chi connectivity index (χ1n) is 9.44. The molecule has 1 heterocycles. The summed E-state index contributed by atoms with van der Waals surface area (Å²) in [6, 6.07) is 20.3. The number of aromatic nitrogens is 3. The number of nitrogens with one attached hydrogen (secondary N) is 1. The highest BCUT2D eigenvalue weighted by molar-refractivity contribution is 7.99. The average molecular weight is 447 g/mol. The van der Waals surface area contributed by atoms with Gasteiger partial charge >= 0.3 is 0 Å². The van der Waals surface area contributed by atoms with Crippen molar-refractivity contribution in [2.45, 2.75) is 5.16 Å². The molecule has 0 radical (unpaired) electrons. The highest BCUT2D eigenvalue weighted by atomic mass is 32.2. The van der Waals surface area contributed by atoms with Crippen LogP contribution in [0.15, 0.2) is 78.0 Å². The number of benzene rings is 3. The molecule has 9 heteroatoms. The van der Waals surface area contributed by atoms with Crippen LogP contribution in [0.4, 0.5) is 14.5 Å². The van der Waals surface area contributed by atoms with Gasteiger partial charge in [-0.3, -0.25) is 9.36 Å². The van der Waals surface area contributed by atoms with Gasteiger partial charge in [-0.1, -0.05) is 30.0 Å². The first-order valence-corrected chi connectivity index (χ1v) is 10.4. The topological polar surface area (TPSA) is 83.6 Å². The first kappa shape index (κ1) is 21.2. The van der Waals surface area contributed by atoms with E-state index in [0.717, 1.165) is 11.8 Å². The van der Waals surface area contributed by atoms with E-state index in [9.17, 15) is 13.6 Å². The highest BCUT2D eigenvalue weighted by Crippen LogP contribution is 2.29. The van der Waals surface area contributed by atoms with Gasteiger partial charge in [0.15, 0.2) is 11.0 Å². The Labute approximate surface area is 186 Å². The molecule has 3 aromatic carbocycles. The van der Waals surface area contributed by atoms with Crippen LogP contribution in [0.25, 0.3) is 17.1 Å². The lowest BCUT2D eigenvalue weighted by Crippen LogP contribution is -2.14. The van der Waals surface area contributed by atoms with Crippen molar-refractivity contribution in [1.29, 1.82) is 5.26 Å². The Kier molecular flexibility index (Phi) is 6.24. The number of hydrogen-bond donors (Lipinski definition) is 1. The maximum Gasteiger partial charge on any atom is 0.234 e. The van der Waals surface area contributed by atoms with Crippen molar-refractivity contribution >= 4 is 23.4 Å². The van der Waals surface area contributed by atoms with Gasteiger partial charge in [-0.25, -0.2) is 8.78 Å². The van der Waals surface area contributed by atoms with Crippen LogP contribution in [0.3, 0.4) is 0 Å². The largest absolute Gasteiger partial charge is 0.325 e. The van der Waals surface area contributed by atoms with Crippen molar-refractivity contribution < 1.29 is 13.6 Å². The fourth-order valence-electron chi connectivity index (χ4n) is 3.00. The van der Waals surface area contributed by atoms with E-state index >= 15 is 0 Å². The number of thioether (sulfide) groups is 1. The fraction of sp³-hybridized carbons (Fsp3) is 0.0435. The minimum atomic E-state index is -0.477. The number of anilines is 1. The molecule has 1 amide bonds. The van der Waals surface area contributed by atoms with E-state index < -0.39 is 11.6 Å². The minimum absolute atomic E-state index is 0.00657. The maximum atomic E-state index is 14.4. The number of rotatable bonds is 6. The predicted octanol–water partition coefficient (Wildman–Crippen LogP) is 4.81. The third-order valence-electron chi connectivity index (χ3n) is 4.44. The van der Waals surface area contributed by atoms with E-state index in [4.69, 9.17) is 5.26 Å². The Morgan fingerprint density at radius 1 is 1.03 bits per heavy atom. The molecule has 4 aromatic rings. The zero-order valence-corrected chi connectivity index (χ0v) is 17.3. The molecule has 0 fully saturated rings. The number of nitrogens with zero attached hydrogens (tertiary/aromatic N) is 4. The number of hydrogen-bond acceptors (Lipinski definition) is 5. The lowest BCUT2D eigenvalue weighted by Gasteiger charge is -2.11. The molecule has 0 atom stereocenters. The third kappa shape index (κ3) is 4.66. The summed E-state index contributed by atoms with van der Waals surface area (Å²) >= 11 is 1.10. The van der Waals surface area contributed by atoms with Crippen molar-refractivity contribution in [1.82, 2.24) is 14.8 Å². The van der Waals surface area contributed by atoms with E-state index in [1.807, 2.05) is 6.07 Å². The number of halogens is 2. The summed E-state index contributed by atoms with van der Waals surface area (Å²) in [5, 5.41) is 20.3. The Balaban J connectivity index is 1.61. The third-order valence-corrected chi connectivity index (χ3v) is 5.37. The van der Waals surface area contributed by atoms with Gasteiger partial charge in [0.2, 0.25) is 5.91 Å². The van der Waals surface area contributed by atoms with Gasteiger partial charge in [-0.05, 0) is 54.6 Å². The van der Waals surface area contributed by atoms with E-state index in [-0.39, 0.29) is 23.0 Å². The van der Waals surface area contributed by atoms with Gasteiger partial charge in [0, 0.05) is 11.4 Å². The summed E-state index contributed by atoms with van der Waals surface area (Å²) in [6.07, 6.45) is 0. The Bertz CT molecular complexity index is 1310. The van der Waals surface area contributed by atoms with Crippen molar-refractivity contribution in [3.63, 3.8) is 0 Å². The molecule has 158 valence electrons. The fourth-order valence-corrected chi connectivity index (χ4v) is 3.75. The smallest absolute Gasteiger partial charge is 0.234 e. The number of carbonyl (C=O) groups is 1. The van der Waals surface area contributed by atoms with E-state index in [1.54, 1.807) is 47.0 Å². The molecule has 0 aliphatic heterocycles.